The third-order valence-electron chi connectivity index (χ3n) is 3.15. The van der Waals surface area contributed by atoms with Crippen LogP contribution in [0.4, 0.5) is 0 Å². The number of methoxy groups -OCH3 is 2. The molecule has 3 nitrogen and oxygen atoms in total. The van der Waals surface area contributed by atoms with E-state index >= 15 is 0 Å². The molecule has 4 heteroatoms. The number of benzene rings is 1. The number of hydrogen-bond donors (Lipinski definition) is 1. The molecule has 2 rings (SSSR count). The molecule has 0 aliphatic carbocycles. The monoisotopic (exact) mass is 254 g/mol. The molecule has 1 aliphatic rings. The highest BCUT2D eigenvalue weighted by Crippen LogP contribution is 2.43. The van der Waals surface area contributed by atoms with E-state index in [9.17, 15) is 5.11 Å². The highest BCUT2D eigenvalue weighted by Gasteiger charge is 2.37. The summed E-state index contributed by atoms with van der Waals surface area (Å²) in [5.74, 6) is 2.10. The highest BCUT2D eigenvalue weighted by molar-refractivity contribution is 8.00. The molecule has 1 fully saturated rings. The van der Waals surface area contributed by atoms with Crippen LogP contribution in [-0.4, -0.2) is 30.3 Å². The Hall–Kier alpha value is -0.870. The lowest BCUT2D eigenvalue weighted by Gasteiger charge is -2.23. The van der Waals surface area contributed by atoms with Crippen molar-refractivity contribution >= 4 is 11.8 Å². The van der Waals surface area contributed by atoms with Crippen molar-refractivity contribution in [2.75, 3.05) is 20.0 Å². The van der Waals surface area contributed by atoms with E-state index in [1.165, 1.54) is 0 Å². The third-order valence-corrected chi connectivity index (χ3v) is 4.53. The summed E-state index contributed by atoms with van der Waals surface area (Å²) in [4.78, 5) is 0. The van der Waals surface area contributed by atoms with E-state index in [4.69, 9.17) is 9.47 Å². The molecule has 1 saturated heterocycles. The van der Waals surface area contributed by atoms with Crippen molar-refractivity contribution in [1.29, 1.82) is 0 Å². The summed E-state index contributed by atoms with van der Waals surface area (Å²) in [5.41, 5.74) is 0.177. The van der Waals surface area contributed by atoms with E-state index in [1.807, 2.05) is 18.2 Å². The van der Waals surface area contributed by atoms with Crippen LogP contribution >= 0.6 is 11.8 Å². The molecule has 1 aliphatic heterocycles. The van der Waals surface area contributed by atoms with E-state index in [1.54, 1.807) is 26.0 Å². The topological polar surface area (TPSA) is 38.7 Å². The minimum absolute atomic E-state index is 0.494. The Bertz CT molecular complexity index is 408. The number of ether oxygens (including phenoxy) is 2. The van der Waals surface area contributed by atoms with Crippen LogP contribution < -0.4 is 9.47 Å². The maximum Gasteiger partial charge on any atom is 0.161 e. The van der Waals surface area contributed by atoms with Gasteiger partial charge in [-0.25, -0.2) is 0 Å². The molecule has 0 amide bonds. The zero-order chi connectivity index (χ0) is 12.5. The van der Waals surface area contributed by atoms with Crippen molar-refractivity contribution in [3.05, 3.63) is 23.8 Å². The fraction of sp³-hybridized carbons (Fsp3) is 0.538. The zero-order valence-electron chi connectivity index (χ0n) is 10.4. The van der Waals surface area contributed by atoms with E-state index in [0.717, 1.165) is 17.7 Å². The van der Waals surface area contributed by atoms with Gasteiger partial charge in [0.2, 0.25) is 0 Å². The maximum absolute atomic E-state index is 10.6. The van der Waals surface area contributed by atoms with Crippen molar-refractivity contribution in [2.45, 2.75) is 24.2 Å². The fourth-order valence-electron chi connectivity index (χ4n) is 2.20. The minimum Gasteiger partial charge on any atom is -0.493 e. The van der Waals surface area contributed by atoms with Gasteiger partial charge < -0.3 is 14.6 Å². The SMILES string of the molecule is COc1ccc(C2(O)CSC(C)C2)cc1OC. The van der Waals surface area contributed by atoms with Crippen molar-refractivity contribution < 1.29 is 14.6 Å². The average molecular weight is 254 g/mol. The van der Waals surface area contributed by atoms with Gasteiger partial charge >= 0.3 is 0 Å². The molecule has 94 valence electrons. The van der Waals surface area contributed by atoms with E-state index in [0.29, 0.717) is 16.7 Å². The predicted octanol–water partition coefficient (Wildman–Crippen LogP) is 2.42. The summed E-state index contributed by atoms with van der Waals surface area (Å²) in [5, 5.41) is 11.1. The van der Waals surface area contributed by atoms with Crippen molar-refractivity contribution in [1.82, 2.24) is 0 Å². The molecule has 0 spiro atoms. The Morgan fingerprint density at radius 1 is 1.29 bits per heavy atom. The molecular weight excluding hydrogens is 236 g/mol. The number of rotatable bonds is 3. The van der Waals surface area contributed by atoms with Crippen LogP contribution in [0, 0.1) is 0 Å². The van der Waals surface area contributed by atoms with E-state index in [2.05, 4.69) is 6.92 Å². The fourth-order valence-corrected chi connectivity index (χ4v) is 3.44. The van der Waals surface area contributed by atoms with Gasteiger partial charge in [0.05, 0.1) is 19.8 Å². The molecule has 0 radical (unpaired) electrons. The lowest BCUT2D eigenvalue weighted by Crippen LogP contribution is -2.25. The normalized spacial score (nSPS) is 28.1. The second kappa shape index (κ2) is 4.78. The van der Waals surface area contributed by atoms with Crippen LogP contribution in [0.1, 0.15) is 18.9 Å². The van der Waals surface area contributed by atoms with Crippen LogP contribution in [-0.2, 0) is 5.60 Å². The Kier molecular flexibility index (Phi) is 3.54. The molecule has 2 atom stereocenters. The minimum atomic E-state index is -0.733. The van der Waals surface area contributed by atoms with Crippen LogP contribution in [0.3, 0.4) is 0 Å². The Morgan fingerprint density at radius 2 is 2.00 bits per heavy atom. The third kappa shape index (κ3) is 2.38. The molecule has 17 heavy (non-hydrogen) atoms. The lowest BCUT2D eigenvalue weighted by atomic mass is 9.91. The molecule has 2 unspecified atom stereocenters. The molecule has 1 heterocycles. The molecular formula is C13H18O3S. The quantitative estimate of drug-likeness (QED) is 0.899. The first-order valence-corrected chi connectivity index (χ1v) is 6.70. The van der Waals surface area contributed by atoms with Crippen molar-refractivity contribution in [3.8, 4) is 11.5 Å². The van der Waals surface area contributed by atoms with Crippen LogP contribution in [0.25, 0.3) is 0 Å². The first-order chi connectivity index (χ1) is 8.09. The second-order valence-corrected chi connectivity index (χ2v) is 5.85. The molecule has 1 N–H and O–H groups in total. The predicted molar refractivity (Wildman–Crippen MR) is 70.0 cm³/mol. The molecule has 0 saturated carbocycles. The molecule has 1 aromatic rings. The lowest BCUT2D eigenvalue weighted by molar-refractivity contribution is 0.0609. The van der Waals surface area contributed by atoms with Gasteiger partial charge in [0.1, 0.15) is 0 Å². The average Bonchev–Trinajstić information content (AvgIpc) is 2.69. The smallest absolute Gasteiger partial charge is 0.161 e. The van der Waals surface area contributed by atoms with Gasteiger partial charge in [-0.05, 0) is 24.1 Å². The van der Waals surface area contributed by atoms with Gasteiger partial charge in [-0.1, -0.05) is 13.0 Å². The molecule has 1 aromatic carbocycles. The Labute approximate surface area is 106 Å². The van der Waals surface area contributed by atoms with Gasteiger partial charge in [0.15, 0.2) is 11.5 Å². The summed E-state index contributed by atoms with van der Waals surface area (Å²) in [6.45, 7) is 2.14. The van der Waals surface area contributed by atoms with Crippen LogP contribution in [0.2, 0.25) is 0 Å². The van der Waals surface area contributed by atoms with Crippen molar-refractivity contribution in [2.24, 2.45) is 0 Å². The van der Waals surface area contributed by atoms with Crippen LogP contribution in [0.15, 0.2) is 18.2 Å². The van der Waals surface area contributed by atoms with Gasteiger partial charge in [-0.2, -0.15) is 11.8 Å². The van der Waals surface area contributed by atoms with Gasteiger partial charge in [-0.3, -0.25) is 0 Å². The summed E-state index contributed by atoms with van der Waals surface area (Å²) in [6.07, 6.45) is 0.785. The number of hydrogen-bond acceptors (Lipinski definition) is 4. The van der Waals surface area contributed by atoms with Crippen LogP contribution in [0.5, 0.6) is 11.5 Å². The highest BCUT2D eigenvalue weighted by atomic mass is 32.2. The molecule has 0 bridgehead atoms. The Balaban J connectivity index is 2.33. The number of thioether (sulfide) groups is 1. The number of aliphatic hydroxyl groups is 1. The summed E-state index contributed by atoms with van der Waals surface area (Å²) in [7, 11) is 3.22. The van der Waals surface area contributed by atoms with Crippen molar-refractivity contribution in [3.63, 3.8) is 0 Å². The standard InChI is InChI=1S/C13H18O3S/c1-9-7-13(14,8-17-9)10-4-5-11(15-2)12(6-10)16-3/h4-6,9,14H,7-8H2,1-3H3. The van der Waals surface area contributed by atoms with E-state index < -0.39 is 5.60 Å². The first-order valence-electron chi connectivity index (χ1n) is 5.65. The summed E-state index contributed by atoms with van der Waals surface area (Å²) < 4.78 is 10.5. The van der Waals surface area contributed by atoms with Gasteiger partial charge in [0.25, 0.3) is 0 Å². The summed E-state index contributed by atoms with van der Waals surface area (Å²) in [6, 6.07) is 5.64. The maximum atomic E-state index is 10.6. The zero-order valence-corrected chi connectivity index (χ0v) is 11.2. The Morgan fingerprint density at radius 3 is 2.53 bits per heavy atom. The van der Waals surface area contributed by atoms with Gasteiger partial charge in [0, 0.05) is 11.0 Å². The largest absolute Gasteiger partial charge is 0.493 e. The second-order valence-electron chi connectivity index (χ2n) is 4.43. The van der Waals surface area contributed by atoms with E-state index in [-0.39, 0.29) is 0 Å². The summed E-state index contributed by atoms with van der Waals surface area (Å²) >= 11 is 1.80. The van der Waals surface area contributed by atoms with Gasteiger partial charge in [-0.15, -0.1) is 0 Å². The first kappa shape index (κ1) is 12.6. The molecule has 0 aromatic heterocycles.